The molecule has 0 radical (unpaired) electrons. The molecule has 1 unspecified atom stereocenters. The number of rotatable bonds is 2. The molecule has 1 heterocycles. The van der Waals surface area contributed by atoms with Gasteiger partial charge in [0.1, 0.15) is 0 Å². The molecule has 1 aromatic heterocycles. The van der Waals surface area contributed by atoms with Gasteiger partial charge in [0, 0.05) is 0 Å². The van der Waals surface area contributed by atoms with Crippen molar-refractivity contribution in [3.63, 3.8) is 0 Å². The Labute approximate surface area is 82.7 Å². The molecule has 0 saturated carbocycles. The predicted octanol–water partition coefficient (Wildman–Crippen LogP) is 0.848. The van der Waals surface area contributed by atoms with Crippen LogP contribution in [0.2, 0.25) is 0 Å². The van der Waals surface area contributed by atoms with Crippen LogP contribution >= 0.6 is 0 Å². The quantitative estimate of drug-likeness (QED) is 0.744. The van der Waals surface area contributed by atoms with E-state index >= 15 is 0 Å². The third-order valence-electron chi connectivity index (χ3n) is 1.69. The van der Waals surface area contributed by atoms with Crippen molar-refractivity contribution in [2.45, 2.75) is 4.90 Å². The minimum absolute atomic E-state index is 0.362. The highest BCUT2D eigenvalue weighted by molar-refractivity contribution is 7.79. The number of benzene rings is 1. The van der Waals surface area contributed by atoms with Crippen molar-refractivity contribution in [1.29, 1.82) is 0 Å². The van der Waals surface area contributed by atoms with E-state index in [1.54, 1.807) is 36.7 Å². The summed E-state index contributed by atoms with van der Waals surface area (Å²) in [5.41, 5.74) is 0.754. The second-order valence-corrected chi connectivity index (χ2v) is 3.53. The van der Waals surface area contributed by atoms with Gasteiger partial charge in [0.2, 0.25) is 0 Å². The van der Waals surface area contributed by atoms with Crippen LogP contribution in [0.4, 0.5) is 0 Å². The van der Waals surface area contributed by atoms with Crippen molar-refractivity contribution in [1.82, 2.24) is 15.0 Å². The molecule has 0 spiro atoms. The molecule has 0 amide bonds. The summed E-state index contributed by atoms with van der Waals surface area (Å²) in [5, 5.41) is 7.86. The first-order chi connectivity index (χ1) is 6.77. The van der Waals surface area contributed by atoms with Gasteiger partial charge in [-0.2, -0.15) is 15.0 Å². The Morgan fingerprint density at radius 3 is 2.21 bits per heavy atom. The summed E-state index contributed by atoms with van der Waals surface area (Å²) in [5.74, 6) is 0. The van der Waals surface area contributed by atoms with E-state index in [0.29, 0.717) is 4.90 Å². The van der Waals surface area contributed by atoms with Crippen LogP contribution in [0.25, 0.3) is 5.69 Å². The Bertz CT molecular complexity index is 438. The lowest BCUT2D eigenvalue weighted by atomic mass is 10.3. The van der Waals surface area contributed by atoms with Crippen molar-refractivity contribution in [3.05, 3.63) is 36.7 Å². The Balaban J connectivity index is 2.36. The Kier molecular flexibility index (Phi) is 2.38. The van der Waals surface area contributed by atoms with Crippen LogP contribution in [-0.2, 0) is 11.1 Å². The van der Waals surface area contributed by atoms with E-state index in [-0.39, 0.29) is 0 Å². The molecule has 1 N–H and O–H groups in total. The van der Waals surface area contributed by atoms with Gasteiger partial charge < -0.3 is 4.55 Å². The predicted molar refractivity (Wildman–Crippen MR) is 50.4 cm³/mol. The molecule has 0 fully saturated rings. The van der Waals surface area contributed by atoms with Gasteiger partial charge in [-0.1, -0.05) is 0 Å². The largest absolute Gasteiger partial charge is 0.302 e. The number of hydrogen-bond acceptors (Lipinski definition) is 3. The van der Waals surface area contributed by atoms with Crippen LogP contribution in [-0.4, -0.2) is 23.8 Å². The normalized spacial score (nSPS) is 12.6. The zero-order chi connectivity index (χ0) is 9.97. The van der Waals surface area contributed by atoms with E-state index in [4.69, 9.17) is 4.55 Å². The van der Waals surface area contributed by atoms with Crippen LogP contribution in [0, 0.1) is 0 Å². The van der Waals surface area contributed by atoms with Crippen molar-refractivity contribution in [2.75, 3.05) is 0 Å². The summed E-state index contributed by atoms with van der Waals surface area (Å²) < 4.78 is 19.5. The summed E-state index contributed by atoms with van der Waals surface area (Å²) in [6.45, 7) is 0. The van der Waals surface area contributed by atoms with Crippen LogP contribution in [0.15, 0.2) is 41.6 Å². The molecule has 2 rings (SSSR count). The molecule has 0 bridgehead atoms. The zero-order valence-electron chi connectivity index (χ0n) is 7.07. The monoisotopic (exact) mass is 209 g/mol. The summed E-state index contributed by atoms with van der Waals surface area (Å²) in [6.07, 6.45) is 3.14. The van der Waals surface area contributed by atoms with Gasteiger partial charge in [-0.3, -0.25) is 0 Å². The lowest BCUT2D eigenvalue weighted by Gasteiger charge is -1.99. The minimum atomic E-state index is -1.93. The molecule has 0 saturated heterocycles. The van der Waals surface area contributed by atoms with E-state index in [2.05, 4.69) is 10.2 Å². The highest BCUT2D eigenvalue weighted by atomic mass is 32.2. The van der Waals surface area contributed by atoms with Crippen molar-refractivity contribution in [2.24, 2.45) is 0 Å². The summed E-state index contributed by atoms with van der Waals surface area (Å²) >= 11 is -1.93. The number of hydrogen-bond donors (Lipinski definition) is 1. The van der Waals surface area contributed by atoms with Crippen molar-refractivity contribution < 1.29 is 8.76 Å². The first kappa shape index (κ1) is 9.04. The van der Waals surface area contributed by atoms with Gasteiger partial charge in [0.05, 0.1) is 23.0 Å². The average molecular weight is 209 g/mol. The number of nitrogens with zero attached hydrogens (tertiary/aromatic N) is 3. The van der Waals surface area contributed by atoms with E-state index < -0.39 is 11.1 Å². The van der Waals surface area contributed by atoms with Gasteiger partial charge in [-0.15, -0.1) is 0 Å². The maximum atomic E-state index is 10.7. The SMILES string of the molecule is O=S(O)c1ccc(-n2nccn2)cc1. The molecule has 72 valence electrons. The van der Waals surface area contributed by atoms with Gasteiger partial charge in [0.15, 0.2) is 11.1 Å². The van der Waals surface area contributed by atoms with Gasteiger partial charge >= 0.3 is 0 Å². The van der Waals surface area contributed by atoms with Crippen LogP contribution in [0.5, 0.6) is 0 Å². The molecular weight excluding hydrogens is 202 g/mol. The molecule has 0 aliphatic carbocycles. The Hall–Kier alpha value is -1.53. The maximum Gasteiger partial charge on any atom is 0.186 e. The highest BCUT2D eigenvalue weighted by Crippen LogP contribution is 2.09. The van der Waals surface area contributed by atoms with Gasteiger partial charge in [0.25, 0.3) is 0 Å². The van der Waals surface area contributed by atoms with Crippen LogP contribution in [0.3, 0.4) is 0 Å². The van der Waals surface area contributed by atoms with E-state index in [9.17, 15) is 4.21 Å². The van der Waals surface area contributed by atoms with Crippen molar-refractivity contribution >= 4 is 11.1 Å². The average Bonchev–Trinajstić information content (AvgIpc) is 2.71. The standard InChI is InChI=1S/C8H7N3O2S/c12-14(13)8-3-1-7(2-4-8)11-9-5-6-10-11/h1-6H,(H,12,13). The molecule has 14 heavy (non-hydrogen) atoms. The van der Waals surface area contributed by atoms with Crippen LogP contribution in [0.1, 0.15) is 0 Å². The second kappa shape index (κ2) is 3.69. The first-order valence-corrected chi connectivity index (χ1v) is 4.95. The van der Waals surface area contributed by atoms with Crippen LogP contribution < -0.4 is 0 Å². The molecule has 0 aliphatic rings. The minimum Gasteiger partial charge on any atom is -0.302 e. The summed E-state index contributed by atoms with van der Waals surface area (Å²) in [6, 6.07) is 6.50. The lowest BCUT2D eigenvalue weighted by Crippen LogP contribution is -1.98. The fourth-order valence-corrected chi connectivity index (χ4v) is 1.41. The summed E-state index contributed by atoms with van der Waals surface area (Å²) in [4.78, 5) is 1.80. The fourth-order valence-electron chi connectivity index (χ4n) is 1.04. The van der Waals surface area contributed by atoms with E-state index in [0.717, 1.165) is 5.69 Å². The smallest absolute Gasteiger partial charge is 0.186 e. The number of aromatic nitrogens is 3. The Morgan fingerprint density at radius 1 is 1.14 bits per heavy atom. The van der Waals surface area contributed by atoms with E-state index in [1.807, 2.05) is 0 Å². The third-order valence-corrected chi connectivity index (χ3v) is 2.36. The maximum absolute atomic E-state index is 10.7. The van der Waals surface area contributed by atoms with Gasteiger partial charge in [-0.25, -0.2) is 4.21 Å². The fraction of sp³-hybridized carbons (Fsp3) is 0. The van der Waals surface area contributed by atoms with Crippen molar-refractivity contribution in [3.8, 4) is 5.69 Å². The molecule has 6 heteroatoms. The molecule has 1 atom stereocenters. The molecule has 2 aromatic rings. The first-order valence-electron chi connectivity index (χ1n) is 3.85. The second-order valence-electron chi connectivity index (χ2n) is 2.56. The molecule has 1 aromatic carbocycles. The lowest BCUT2D eigenvalue weighted by molar-refractivity contribution is 0.564. The van der Waals surface area contributed by atoms with E-state index in [1.165, 1.54) is 4.80 Å². The Morgan fingerprint density at radius 2 is 1.71 bits per heavy atom. The highest BCUT2D eigenvalue weighted by Gasteiger charge is 2.00. The molecular formula is C8H7N3O2S. The zero-order valence-corrected chi connectivity index (χ0v) is 7.89. The topological polar surface area (TPSA) is 68.0 Å². The third kappa shape index (κ3) is 1.70. The molecule has 0 aliphatic heterocycles. The molecule has 5 nitrogen and oxygen atoms in total. The summed E-state index contributed by atoms with van der Waals surface area (Å²) in [7, 11) is 0. The van der Waals surface area contributed by atoms with Gasteiger partial charge in [-0.05, 0) is 24.3 Å².